The van der Waals surface area contributed by atoms with Crippen molar-refractivity contribution in [2.24, 2.45) is 0 Å². The Morgan fingerprint density at radius 3 is 2.73 bits per heavy atom. The van der Waals surface area contributed by atoms with E-state index in [1.807, 2.05) is 25.1 Å². The number of rotatable bonds is 7. The number of anilines is 2. The number of hydrogen-bond donors (Lipinski definition) is 3. The Bertz CT molecular complexity index is 692. The van der Waals surface area contributed by atoms with E-state index in [2.05, 4.69) is 25.6 Å². The van der Waals surface area contributed by atoms with Crippen LogP contribution in [0.25, 0.3) is 11.3 Å². The summed E-state index contributed by atoms with van der Waals surface area (Å²) in [6.07, 6.45) is 6.12. The van der Waals surface area contributed by atoms with Gasteiger partial charge in [0.2, 0.25) is 5.95 Å². The molecule has 0 saturated heterocycles. The summed E-state index contributed by atoms with van der Waals surface area (Å²) in [6.45, 7) is 2.00. The van der Waals surface area contributed by atoms with Crippen LogP contribution in [-0.4, -0.2) is 44.9 Å². The molecule has 0 aromatic carbocycles. The second-order valence-corrected chi connectivity index (χ2v) is 6.71. The highest BCUT2D eigenvalue weighted by Gasteiger charge is 2.21. The van der Waals surface area contributed by atoms with Gasteiger partial charge in [0.25, 0.3) is 0 Å². The first-order valence-corrected chi connectivity index (χ1v) is 9.26. The molecule has 3 N–H and O–H groups in total. The van der Waals surface area contributed by atoms with Crippen molar-refractivity contribution in [1.29, 1.82) is 0 Å². The second kappa shape index (κ2) is 8.89. The first-order valence-electron chi connectivity index (χ1n) is 9.26. The zero-order chi connectivity index (χ0) is 18.4. The fourth-order valence-corrected chi connectivity index (χ4v) is 3.05. The normalized spacial score (nSPS) is 21.2. The van der Waals surface area contributed by atoms with Crippen molar-refractivity contribution in [3.05, 3.63) is 30.6 Å². The highest BCUT2D eigenvalue weighted by molar-refractivity contribution is 5.72. The monoisotopic (exact) mass is 359 g/mol. The summed E-state index contributed by atoms with van der Waals surface area (Å²) in [6, 6.07) is 5.94. The van der Waals surface area contributed by atoms with Gasteiger partial charge in [0.15, 0.2) is 0 Å². The van der Waals surface area contributed by atoms with Crippen molar-refractivity contribution in [2.45, 2.75) is 57.3 Å². The molecule has 7 heteroatoms. The van der Waals surface area contributed by atoms with E-state index >= 15 is 0 Å². The van der Waals surface area contributed by atoms with Gasteiger partial charge in [-0.2, -0.15) is 4.98 Å². The molecule has 2 aromatic heterocycles. The zero-order valence-corrected chi connectivity index (χ0v) is 15.0. The summed E-state index contributed by atoms with van der Waals surface area (Å²) in [5.41, 5.74) is 1.60. The Labute approximate surface area is 153 Å². The van der Waals surface area contributed by atoms with Crippen molar-refractivity contribution in [3.8, 4) is 11.3 Å². The topological polar surface area (TPSA) is 83.0 Å². The summed E-state index contributed by atoms with van der Waals surface area (Å²) in [5.74, 6) is 1.09. The molecule has 1 saturated carbocycles. The van der Waals surface area contributed by atoms with Gasteiger partial charge in [0, 0.05) is 25.0 Å². The molecule has 0 spiro atoms. The first kappa shape index (κ1) is 18.5. The molecule has 0 bridgehead atoms. The van der Waals surface area contributed by atoms with Crippen LogP contribution in [0.5, 0.6) is 0 Å². The zero-order valence-electron chi connectivity index (χ0n) is 15.0. The third-order valence-electron chi connectivity index (χ3n) is 4.69. The van der Waals surface area contributed by atoms with Crippen LogP contribution in [0.15, 0.2) is 30.6 Å². The van der Waals surface area contributed by atoms with E-state index < -0.39 is 6.17 Å². The minimum Gasteiger partial charge on any atom is -0.393 e. The maximum Gasteiger partial charge on any atom is 0.224 e. The predicted octanol–water partition coefficient (Wildman–Crippen LogP) is 3.41. The molecule has 0 amide bonds. The molecule has 140 valence electrons. The SMILES string of the molecule is CC[C@@H](F)CNc1ncc(-c2ccccn2)c(NC2CCC(O)CC2)n1. The first-order chi connectivity index (χ1) is 12.7. The van der Waals surface area contributed by atoms with Crippen LogP contribution in [0.1, 0.15) is 39.0 Å². The largest absolute Gasteiger partial charge is 0.393 e. The van der Waals surface area contributed by atoms with E-state index in [1.165, 1.54) is 0 Å². The lowest BCUT2D eigenvalue weighted by Gasteiger charge is -2.27. The Hall–Kier alpha value is -2.28. The van der Waals surface area contributed by atoms with E-state index in [0.29, 0.717) is 18.2 Å². The number of nitrogens with one attached hydrogen (secondary N) is 2. The summed E-state index contributed by atoms with van der Waals surface area (Å²) in [4.78, 5) is 13.3. The van der Waals surface area contributed by atoms with Crippen molar-refractivity contribution in [2.75, 3.05) is 17.2 Å². The molecule has 0 aliphatic heterocycles. The number of pyridine rings is 1. The number of aliphatic hydroxyl groups excluding tert-OH is 1. The Balaban J connectivity index is 1.81. The number of alkyl halides is 1. The standard InChI is InChI=1S/C19H26FN5O/c1-2-13(20)11-22-19-23-12-16(17-5-3-4-10-21-17)18(25-19)24-14-6-8-15(26)9-7-14/h3-5,10,12-15,26H,2,6-9,11H2,1H3,(H2,22,23,24,25)/t13-,14?,15?/m1/s1. The van der Waals surface area contributed by atoms with Gasteiger partial charge < -0.3 is 15.7 Å². The van der Waals surface area contributed by atoms with Crippen LogP contribution >= 0.6 is 0 Å². The van der Waals surface area contributed by atoms with Gasteiger partial charge >= 0.3 is 0 Å². The van der Waals surface area contributed by atoms with Crippen LogP contribution in [0.3, 0.4) is 0 Å². The molecule has 0 unspecified atom stereocenters. The summed E-state index contributed by atoms with van der Waals surface area (Å²) in [7, 11) is 0. The van der Waals surface area contributed by atoms with Crippen LogP contribution in [0.4, 0.5) is 16.2 Å². The smallest absolute Gasteiger partial charge is 0.224 e. The second-order valence-electron chi connectivity index (χ2n) is 6.71. The summed E-state index contributed by atoms with van der Waals surface area (Å²) >= 11 is 0. The van der Waals surface area contributed by atoms with Crippen molar-refractivity contribution < 1.29 is 9.50 Å². The molecule has 1 aliphatic carbocycles. The Morgan fingerprint density at radius 1 is 1.23 bits per heavy atom. The van der Waals surface area contributed by atoms with Gasteiger partial charge in [0.1, 0.15) is 12.0 Å². The maximum absolute atomic E-state index is 13.5. The van der Waals surface area contributed by atoms with Crippen LogP contribution < -0.4 is 10.6 Å². The molecule has 3 rings (SSSR count). The average molecular weight is 359 g/mol. The molecular weight excluding hydrogens is 333 g/mol. The maximum atomic E-state index is 13.5. The molecule has 1 aliphatic rings. The lowest BCUT2D eigenvalue weighted by Crippen LogP contribution is -2.29. The van der Waals surface area contributed by atoms with Crippen molar-refractivity contribution in [3.63, 3.8) is 0 Å². The summed E-state index contributed by atoms with van der Waals surface area (Å²) in [5, 5.41) is 16.1. The predicted molar refractivity (Wildman–Crippen MR) is 101 cm³/mol. The highest BCUT2D eigenvalue weighted by Crippen LogP contribution is 2.28. The summed E-state index contributed by atoms with van der Waals surface area (Å²) < 4.78 is 13.5. The fraction of sp³-hybridized carbons (Fsp3) is 0.526. The molecular formula is C19H26FN5O. The minimum atomic E-state index is -0.926. The molecule has 2 heterocycles. The van der Waals surface area contributed by atoms with Gasteiger partial charge in [-0.25, -0.2) is 9.37 Å². The molecule has 1 atom stereocenters. The van der Waals surface area contributed by atoms with E-state index in [9.17, 15) is 9.50 Å². The van der Waals surface area contributed by atoms with E-state index in [-0.39, 0.29) is 18.7 Å². The number of aliphatic hydroxyl groups is 1. The molecule has 1 fully saturated rings. The Kier molecular flexibility index (Phi) is 6.33. The van der Waals surface area contributed by atoms with Gasteiger partial charge in [-0.15, -0.1) is 0 Å². The van der Waals surface area contributed by atoms with Crippen LogP contribution in [-0.2, 0) is 0 Å². The lowest BCUT2D eigenvalue weighted by atomic mass is 9.93. The van der Waals surface area contributed by atoms with Gasteiger partial charge in [-0.05, 0) is 44.2 Å². The number of aromatic nitrogens is 3. The van der Waals surface area contributed by atoms with E-state index in [4.69, 9.17) is 0 Å². The number of halogens is 1. The van der Waals surface area contributed by atoms with Gasteiger partial charge in [-0.1, -0.05) is 13.0 Å². The average Bonchev–Trinajstić information content (AvgIpc) is 2.68. The quantitative estimate of drug-likeness (QED) is 0.703. The third-order valence-corrected chi connectivity index (χ3v) is 4.69. The molecule has 0 radical (unpaired) electrons. The highest BCUT2D eigenvalue weighted by atomic mass is 19.1. The van der Waals surface area contributed by atoms with E-state index in [1.54, 1.807) is 12.4 Å². The minimum absolute atomic E-state index is 0.189. The lowest BCUT2D eigenvalue weighted by molar-refractivity contribution is 0.126. The van der Waals surface area contributed by atoms with E-state index in [0.717, 1.165) is 36.9 Å². The van der Waals surface area contributed by atoms with Gasteiger partial charge in [0.05, 0.1) is 17.4 Å². The fourth-order valence-electron chi connectivity index (χ4n) is 3.05. The molecule has 2 aromatic rings. The third kappa shape index (κ3) is 4.88. The van der Waals surface area contributed by atoms with Crippen molar-refractivity contribution in [1.82, 2.24) is 15.0 Å². The van der Waals surface area contributed by atoms with Crippen LogP contribution in [0.2, 0.25) is 0 Å². The molecule has 6 nitrogen and oxygen atoms in total. The van der Waals surface area contributed by atoms with Crippen molar-refractivity contribution >= 4 is 11.8 Å². The Morgan fingerprint density at radius 2 is 2.04 bits per heavy atom. The number of hydrogen-bond acceptors (Lipinski definition) is 6. The molecule has 26 heavy (non-hydrogen) atoms. The number of nitrogens with zero attached hydrogens (tertiary/aromatic N) is 3. The van der Waals surface area contributed by atoms with Crippen LogP contribution in [0, 0.1) is 0 Å². The van der Waals surface area contributed by atoms with Gasteiger partial charge in [-0.3, -0.25) is 4.98 Å².